The first-order valence-electron chi connectivity index (χ1n) is 6.46. The molecule has 1 fully saturated rings. The van der Waals surface area contributed by atoms with Crippen molar-refractivity contribution in [3.8, 4) is 0 Å². The zero-order chi connectivity index (χ0) is 12.7. The van der Waals surface area contributed by atoms with E-state index in [0.29, 0.717) is 12.6 Å². The Morgan fingerprint density at radius 3 is 3.06 bits per heavy atom. The number of hydrogen-bond acceptors (Lipinski definition) is 4. The average molecular weight is 249 g/mol. The molecule has 0 spiro atoms. The number of nitrogens with zero attached hydrogens (tertiary/aromatic N) is 3. The molecular weight excluding hydrogens is 230 g/mol. The molecule has 6 nitrogen and oxygen atoms in total. The molecular formula is C12H19N5O. The van der Waals surface area contributed by atoms with Gasteiger partial charge in [-0.25, -0.2) is 4.98 Å². The Bertz CT molecular complexity index is 448. The monoisotopic (exact) mass is 249 g/mol. The zero-order valence-electron chi connectivity index (χ0n) is 10.8. The molecule has 0 aliphatic carbocycles. The van der Waals surface area contributed by atoms with Gasteiger partial charge in [0.15, 0.2) is 0 Å². The summed E-state index contributed by atoms with van der Waals surface area (Å²) in [6, 6.07) is 0.440. The third kappa shape index (κ3) is 1.96. The third-order valence-electron chi connectivity index (χ3n) is 3.62. The highest BCUT2D eigenvalue weighted by atomic mass is 16.2. The van der Waals surface area contributed by atoms with E-state index in [1.54, 1.807) is 6.92 Å². The van der Waals surface area contributed by atoms with Crippen molar-refractivity contribution in [1.82, 2.24) is 19.8 Å². The van der Waals surface area contributed by atoms with Crippen LogP contribution >= 0.6 is 0 Å². The number of anilines is 1. The summed E-state index contributed by atoms with van der Waals surface area (Å²) < 4.78 is 2.13. The summed E-state index contributed by atoms with van der Waals surface area (Å²) in [7, 11) is 0. The van der Waals surface area contributed by atoms with Crippen LogP contribution in [-0.2, 0) is 11.3 Å². The van der Waals surface area contributed by atoms with Gasteiger partial charge in [-0.15, -0.1) is 0 Å². The number of carbonyl (C=O) groups excluding carboxylic acids is 1. The van der Waals surface area contributed by atoms with Gasteiger partial charge in [-0.2, -0.15) is 0 Å². The first-order valence-corrected chi connectivity index (χ1v) is 6.46. The first-order chi connectivity index (χ1) is 8.63. The van der Waals surface area contributed by atoms with Gasteiger partial charge in [-0.1, -0.05) is 0 Å². The summed E-state index contributed by atoms with van der Waals surface area (Å²) >= 11 is 0. The van der Waals surface area contributed by atoms with E-state index in [2.05, 4.69) is 33.3 Å². The van der Waals surface area contributed by atoms with Gasteiger partial charge in [0.2, 0.25) is 11.9 Å². The van der Waals surface area contributed by atoms with Gasteiger partial charge in [0.25, 0.3) is 0 Å². The third-order valence-corrected chi connectivity index (χ3v) is 3.62. The molecule has 3 heterocycles. The molecule has 2 aliphatic heterocycles. The fourth-order valence-electron chi connectivity index (χ4n) is 2.71. The molecule has 6 heteroatoms. The van der Waals surface area contributed by atoms with Crippen LogP contribution in [0.3, 0.4) is 0 Å². The van der Waals surface area contributed by atoms with Gasteiger partial charge in [-0.3, -0.25) is 4.79 Å². The molecule has 18 heavy (non-hydrogen) atoms. The summed E-state index contributed by atoms with van der Waals surface area (Å²) in [5, 5.41) is 6.76. The van der Waals surface area contributed by atoms with Crippen LogP contribution in [0.4, 0.5) is 5.95 Å². The molecule has 2 unspecified atom stereocenters. The smallest absolute Gasteiger partial charge is 0.219 e. The van der Waals surface area contributed by atoms with Crippen LogP contribution in [0.15, 0.2) is 6.20 Å². The molecule has 1 aromatic heterocycles. The van der Waals surface area contributed by atoms with Crippen LogP contribution in [-0.4, -0.2) is 46.0 Å². The maximum absolute atomic E-state index is 11.5. The van der Waals surface area contributed by atoms with E-state index in [9.17, 15) is 4.79 Å². The van der Waals surface area contributed by atoms with E-state index in [1.807, 2.05) is 4.90 Å². The average Bonchev–Trinajstić information content (AvgIpc) is 2.87. The second-order valence-electron chi connectivity index (χ2n) is 5.15. The van der Waals surface area contributed by atoms with Gasteiger partial charge in [0, 0.05) is 45.3 Å². The Labute approximate surface area is 106 Å². The van der Waals surface area contributed by atoms with E-state index < -0.39 is 0 Å². The number of nitrogens with one attached hydrogen (secondary N) is 2. The molecule has 1 aromatic rings. The number of rotatable bonds is 1. The van der Waals surface area contributed by atoms with Gasteiger partial charge in [0.05, 0.1) is 11.7 Å². The molecule has 3 rings (SSSR count). The van der Waals surface area contributed by atoms with Gasteiger partial charge < -0.3 is 20.1 Å². The molecule has 1 amide bonds. The van der Waals surface area contributed by atoms with Crippen LogP contribution in [0.1, 0.15) is 25.6 Å². The minimum atomic E-state index is 0.137. The lowest BCUT2D eigenvalue weighted by atomic mass is 10.1. The van der Waals surface area contributed by atoms with Gasteiger partial charge >= 0.3 is 0 Å². The molecule has 0 bridgehead atoms. The fourth-order valence-corrected chi connectivity index (χ4v) is 2.71. The lowest BCUT2D eigenvalue weighted by Gasteiger charge is -2.36. The maximum atomic E-state index is 11.5. The quantitative estimate of drug-likeness (QED) is 0.746. The summed E-state index contributed by atoms with van der Waals surface area (Å²) in [6.07, 6.45) is 2.09. The highest BCUT2D eigenvalue weighted by molar-refractivity contribution is 5.73. The lowest BCUT2D eigenvalue weighted by Crippen LogP contribution is -2.52. The number of fused-ring (bicyclic) bond motifs is 1. The minimum absolute atomic E-state index is 0.137. The Kier molecular flexibility index (Phi) is 2.74. The second-order valence-corrected chi connectivity index (χ2v) is 5.15. The predicted octanol–water partition coefficient (Wildman–Crippen LogP) is 0.190. The van der Waals surface area contributed by atoms with Crippen molar-refractivity contribution in [2.24, 2.45) is 0 Å². The van der Waals surface area contributed by atoms with Crippen molar-refractivity contribution in [3.05, 3.63) is 11.9 Å². The van der Waals surface area contributed by atoms with Gasteiger partial charge in [0.1, 0.15) is 0 Å². The fraction of sp³-hybridized carbons (Fsp3) is 0.667. The Morgan fingerprint density at radius 2 is 2.33 bits per heavy atom. The largest absolute Gasteiger partial charge is 0.354 e. The van der Waals surface area contributed by atoms with Crippen LogP contribution in [0.5, 0.6) is 0 Å². The summed E-state index contributed by atoms with van der Waals surface area (Å²) in [5.74, 6) is 1.08. The molecule has 0 aromatic carbocycles. The summed E-state index contributed by atoms with van der Waals surface area (Å²) in [6.45, 7) is 7.14. The van der Waals surface area contributed by atoms with Crippen molar-refractivity contribution in [1.29, 1.82) is 0 Å². The standard InChI is InChI=1S/C12H19N5O/c1-8-5-17(9(2)18)7-10(14-8)11-6-16-4-3-13-12(16)15-11/h6,8,10,14H,3-5,7H2,1-2H3,(H,13,15). The molecule has 2 aliphatic rings. The van der Waals surface area contributed by atoms with Crippen LogP contribution in [0.2, 0.25) is 0 Å². The molecule has 1 saturated heterocycles. The SMILES string of the molecule is CC(=O)N1CC(C)NC(c2cn3c(n2)NCC3)C1. The van der Waals surface area contributed by atoms with Crippen molar-refractivity contribution >= 4 is 11.9 Å². The number of amides is 1. The van der Waals surface area contributed by atoms with Gasteiger partial charge in [-0.05, 0) is 6.92 Å². The molecule has 2 atom stereocenters. The maximum Gasteiger partial charge on any atom is 0.219 e. The highest BCUT2D eigenvalue weighted by Gasteiger charge is 2.29. The number of hydrogen-bond donors (Lipinski definition) is 2. The second kappa shape index (κ2) is 4.28. The zero-order valence-corrected chi connectivity index (χ0v) is 10.8. The number of carbonyl (C=O) groups is 1. The van der Waals surface area contributed by atoms with E-state index in [0.717, 1.165) is 31.3 Å². The first kappa shape index (κ1) is 11.5. The van der Waals surface area contributed by atoms with Crippen molar-refractivity contribution in [2.45, 2.75) is 32.5 Å². The van der Waals surface area contributed by atoms with Crippen LogP contribution in [0.25, 0.3) is 0 Å². The normalized spacial score (nSPS) is 26.9. The molecule has 0 radical (unpaired) electrons. The predicted molar refractivity (Wildman–Crippen MR) is 68.3 cm³/mol. The number of imidazole rings is 1. The van der Waals surface area contributed by atoms with E-state index >= 15 is 0 Å². The topological polar surface area (TPSA) is 62.2 Å². The number of aromatic nitrogens is 2. The molecule has 2 N–H and O–H groups in total. The van der Waals surface area contributed by atoms with E-state index in [-0.39, 0.29) is 11.9 Å². The number of piperazine rings is 1. The van der Waals surface area contributed by atoms with E-state index in [1.165, 1.54) is 0 Å². The van der Waals surface area contributed by atoms with Crippen molar-refractivity contribution in [3.63, 3.8) is 0 Å². The Balaban J connectivity index is 1.80. The van der Waals surface area contributed by atoms with Crippen molar-refractivity contribution < 1.29 is 4.79 Å². The van der Waals surface area contributed by atoms with Crippen LogP contribution in [0, 0.1) is 0 Å². The summed E-state index contributed by atoms with van der Waals surface area (Å²) in [5.41, 5.74) is 1.02. The molecule has 0 saturated carbocycles. The Morgan fingerprint density at radius 1 is 1.50 bits per heavy atom. The molecule has 98 valence electrons. The Hall–Kier alpha value is -1.56. The minimum Gasteiger partial charge on any atom is -0.354 e. The van der Waals surface area contributed by atoms with Crippen LogP contribution < -0.4 is 10.6 Å². The van der Waals surface area contributed by atoms with E-state index in [4.69, 9.17) is 0 Å². The lowest BCUT2D eigenvalue weighted by molar-refractivity contribution is -0.130. The van der Waals surface area contributed by atoms with Crippen molar-refractivity contribution in [2.75, 3.05) is 25.0 Å². The summed E-state index contributed by atoms with van der Waals surface area (Å²) in [4.78, 5) is 18.0. The highest BCUT2D eigenvalue weighted by Crippen LogP contribution is 2.22.